The van der Waals surface area contributed by atoms with Crippen molar-refractivity contribution in [2.24, 2.45) is 5.92 Å². The molecule has 0 bridgehead atoms. The van der Waals surface area contributed by atoms with Crippen LogP contribution in [0.2, 0.25) is 0 Å². The van der Waals surface area contributed by atoms with E-state index in [1.807, 2.05) is 18.5 Å². The smallest absolute Gasteiger partial charge is 0.134 e. The van der Waals surface area contributed by atoms with Gasteiger partial charge in [0.25, 0.3) is 0 Å². The summed E-state index contributed by atoms with van der Waals surface area (Å²) in [6, 6.07) is 10.3. The van der Waals surface area contributed by atoms with Crippen molar-refractivity contribution >= 4 is 22.7 Å². The number of benzene rings is 1. The number of aryl methyl sites for hydroxylation is 1. The highest BCUT2D eigenvalue weighted by Gasteiger charge is 2.23. The van der Waals surface area contributed by atoms with Crippen LogP contribution in [0, 0.1) is 12.8 Å². The predicted octanol–water partition coefficient (Wildman–Crippen LogP) is 4.14. The van der Waals surface area contributed by atoms with Crippen LogP contribution in [0.25, 0.3) is 17.0 Å². The van der Waals surface area contributed by atoms with E-state index in [1.165, 1.54) is 5.56 Å². The molecule has 2 aromatic heterocycles. The van der Waals surface area contributed by atoms with Crippen molar-refractivity contribution in [3.63, 3.8) is 0 Å². The van der Waals surface area contributed by atoms with E-state index in [0.29, 0.717) is 5.92 Å². The molecule has 0 amide bonds. The van der Waals surface area contributed by atoms with Crippen LogP contribution in [0.1, 0.15) is 24.1 Å². The summed E-state index contributed by atoms with van der Waals surface area (Å²) >= 11 is 0. The normalized spacial score (nSPS) is 21.0. The third kappa shape index (κ3) is 3.72. The fraction of sp³-hybridized carbons (Fsp3) is 0.300. The van der Waals surface area contributed by atoms with Crippen molar-refractivity contribution in [1.82, 2.24) is 15.2 Å². The molecule has 1 saturated heterocycles. The number of nitrogens with one attached hydrogen (secondary N) is 2. The lowest BCUT2D eigenvalue weighted by Crippen LogP contribution is -2.35. The number of aromatic nitrogens is 3. The topological polar surface area (TPSA) is 62.8 Å². The van der Waals surface area contributed by atoms with E-state index in [4.69, 9.17) is 4.74 Å². The van der Waals surface area contributed by atoms with Crippen LogP contribution >= 0.6 is 0 Å². The number of H-pyrrole nitrogens is 1. The van der Waals surface area contributed by atoms with E-state index >= 15 is 0 Å². The molecular formula is C20H22N4O. The van der Waals surface area contributed by atoms with E-state index in [9.17, 15) is 0 Å². The standard InChI is InChI=1S/C20H22N4O/c1-14-8-9-21-17(11-14)6-4-15-3-2-10-25-20(15)23-18-7-5-16-13-22-24-19(16)12-18/h4-9,11-13,15,20,23H,2-3,10H2,1H3,(H,22,24). The van der Waals surface area contributed by atoms with Gasteiger partial charge in [0.1, 0.15) is 6.23 Å². The third-order valence-electron chi connectivity index (χ3n) is 4.57. The van der Waals surface area contributed by atoms with E-state index in [1.54, 1.807) is 0 Å². The minimum absolute atomic E-state index is 0.0322. The van der Waals surface area contributed by atoms with Crippen LogP contribution in [0.5, 0.6) is 0 Å². The molecule has 2 N–H and O–H groups in total. The van der Waals surface area contributed by atoms with Crippen molar-refractivity contribution in [3.05, 3.63) is 60.1 Å². The number of aromatic amines is 1. The Kier molecular flexibility index (Phi) is 4.48. The van der Waals surface area contributed by atoms with E-state index in [-0.39, 0.29) is 6.23 Å². The number of nitrogens with zero attached hydrogens (tertiary/aromatic N) is 2. The van der Waals surface area contributed by atoms with Crippen LogP contribution in [0.3, 0.4) is 0 Å². The zero-order valence-corrected chi connectivity index (χ0v) is 14.3. The van der Waals surface area contributed by atoms with Gasteiger partial charge in [-0.2, -0.15) is 5.10 Å². The molecule has 1 aliphatic rings. The Bertz CT molecular complexity index is 886. The number of hydrogen-bond donors (Lipinski definition) is 2. The quantitative estimate of drug-likeness (QED) is 0.752. The van der Waals surface area contributed by atoms with Crippen LogP contribution < -0.4 is 5.32 Å². The molecule has 1 aromatic carbocycles. The van der Waals surface area contributed by atoms with Gasteiger partial charge in [-0.25, -0.2) is 0 Å². The van der Waals surface area contributed by atoms with Crippen molar-refractivity contribution in [2.75, 3.05) is 11.9 Å². The average Bonchev–Trinajstić information content (AvgIpc) is 3.09. The Morgan fingerprint density at radius 1 is 1.28 bits per heavy atom. The first kappa shape index (κ1) is 15.8. The van der Waals surface area contributed by atoms with Gasteiger partial charge in [0, 0.05) is 29.8 Å². The number of ether oxygens (including phenoxy) is 1. The Labute approximate surface area is 147 Å². The van der Waals surface area contributed by atoms with Crippen molar-refractivity contribution in [2.45, 2.75) is 26.0 Å². The Morgan fingerprint density at radius 2 is 2.24 bits per heavy atom. The summed E-state index contributed by atoms with van der Waals surface area (Å²) in [5.74, 6) is 0.313. The Balaban J connectivity index is 1.50. The first-order chi connectivity index (χ1) is 12.3. The molecule has 3 heterocycles. The molecule has 0 radical (unpaired) electrons. The van der Waals surface area contributed by atoms with E-state index < -0.39 is 0 Å². The van der Waals surface area contributed by atoms with Gasteiger partial charge < -0.3 is 10.1 Å². The first-order valence-corrected chi connectivity index (χ1v) is 8.70. The molecule has 128 valence electrons. The Morgan fingerprint density at radius 3 is 3.16 bits per heavy atom. The van der Waals surface area contributed by atoms with Gasteiger partial charge >= 0.3 is 0 Å². The fourth-order valence-corrected chi connectivity index (χ4v) is 3.21. The summed E-state index contributed by atoms with van der Waals surface area (Å²) in [6.45, 7) is 2.87. The lowest BCUT2D eigenvalue weighted by Gasteiger charge is -2.31. The van der Waals surface area contributed by atoms with Crippen molar-refractivity contribution in [3.8, 4) is 0 Å². The second kappa shape index (κ2) is 7.07. The molecule has 5 heteroatoms. The molecule has 25 heavy (non-hydrogen) atoms. The van der Waals surface area contributed by atoms with Gasteiger partial charge in [-0.3, -0.25) is 10.1 Å². The number of anilines is 1. The third-order valence-corrected chi connectivity index (χ3v) is 4.57. The largest absolute Gasteiger partial charge is 0.360 e. The molecule has 2 unspecified atom stereocenters. The summed E-state index contributed by atoms with van der Waals surface area (Å²) in [5.41, 5.74) is 4.27. The molecule has 2 atom stereocenters. The maximum atomic E-state index is 5.99. The highest BCUT2D eigenvalue weighted by atomic mass is 16.5. The van der Waals surface area contributed by atoms with Gasteiger partial charge in [0.15, 0.2) is 0 Å². The number of rotatable bonds is 4. The van der Waals surface area contributed by atoms with E-state index in [2.05, 4.69) is 63.8 Å². The van der Waals surface area contributed by atoms with Crippen LogP contribution in [-0.4, -0.2) is 28.0 Å². The Hall–Kier alpha value is -2.66. The predicted molar refractivity (Wildman–Crippen MR) is 100 cm³/mol. The van der Waals surface area contributed by atoms with Gasteiger partial charge in [0.05, 0.1) is 17.4 Å². The van der Waals surface area contributed by atoms with Crippen LogP contribution in [-0.2, 0) is 4.74 Å². The summed E-state index contributed by atoms with van der Waals surface area (Å²) in [4.78, 5) is 4.40. The SMILES string of the molecule is Cc1ccnc(C=CC2CCCOC2Nc2ccc3cn[nH]c3c2)c1. The monoisotopic (exact) mass is 334 g/mol. The first-order valence-electron chi connectivity index (χ1n) is 8.70. The molecule has 0 saturated carbocycles. The van der Waals surface area contributed by atoms with Crippen LogP contribution in [0.4, 0.5) is 5.69 Å². The summed E-state index contributed by atoms with van der Waals surface area (Å²) < 4.78 is 5.99. The van der Waals surface area contributed by atoms with Crippen molar-refractivity contribution < 1.29 is 4.74 Å². The van der Waals surface area contributed by atoms with Gasteiger partial charge in [-0.1, -0.05) is 6.08 Å². The lowest BCUT2D eigenvalue weighted by atomic mass is 9.97. The van der Waals surface area contributed by atoms with Gasteiger partial charge in [0.2, 0.25) is 0 Å². The molecule has 1 fully saturated rings. The number of hydrogen-bond acceptors (Lipinski definition) is 4. The van der Waals surface area contributed by atoms with Crippen LogP contribution in [0.15, 0.2) is 48.8 Å². The molecule has 0 spiro atoms. The molecule has 4 rings (SSSR count). The van der Waals surface area contributed by atoms with E-state index in [0.717, 1.165) is 41.7 Å². The molecule has 0 aliphatic carbocycles. The van der Waals surface area contributed by atoms with Crippen molar-refractivity contribution in [1.29, 1.82) is 0 Å². The molecule has 3 aromatic rings. The highest BCUT2D eigenvalue weighted by Crippen LogP contribution is 2.26. The minimum atomic E-state index is -0.0322. The zero-order valence-electron chi connectivity index (χ0n) is 14.3. The summed E-state index contributed by atoms with van der Waals surface area (Å²) in [5, 5.41) is 11.7. The maximum Gasteiger partial charge on any atom is 0.134 e. The molecular weight excluding hydrogens is 312 g/mol. The summed E-state index contributed by atoms with van der Waals surface area (Å²) in [6.07, 6.45) is 10.1. The number of pyridine rings is 1. The second-order valence-electron chi connectivity index (χ2n) is 6.53. The van der Waals surface area contributed by atoms with Gasteiger partial charge in [-0.05, 0) is 61.7 Å². The second-order valence-corrected chi connectivity index (χ2v) is 6.53. The average molecular weight is 334 g/mol. The molecule has 1 aliphatic heterocycles. The zero-order chi connectivity index (χ0) is 17.1. The number of fused-ring (bicyclic) bond motifs is 1. The summed E-state index contributed by atoms with van der Waals surface area (Å²) in [7, 11) is 0. The molecule has 5 nitrogen and oxygen atoms in total. The van der Waals surface area contributed by atoms with Gasteiger partial charge in [-0.15, -0.1) is 0 Å². The maximum absolute atomic E-state index is 5.99. The lowest BCUT2D eigenvalue weighted by molar-refractivity contribution is 0.00764. The highest BCUT2D eigenvalue weighted by molar-refractivity contribution is 5.81. The minimum Gasteiger partial charge on any atom is -0.360 e. The fourth-order valence-electron chi connectivity index (χ4n) is 3.21.